The SMILES string of the molecule is CCOC(=O)c1ccc(N(C(=O)Cn2nnc3ccccc32)[C@H](C(=O)NC[C@@H]2CCCO2)c2nc3ccccc3n2C)cc1. The van der Waals surface area contributed by atoms with E-state index in [9.17, 15) is 14.4 Å². The number of amides is 2. The average molecular weight is 596 g/mol. The topological polar surface area (TPSA) is 133 Å². The molecule has 0 aliphatic carbocycles. The first-order chi connectivity index (χ1) is 21.4. The Morgan fingerprint density at radius 2 is 1.75 bits per heavy atom. The number of anilines is 1. The average Bonchev–Trinajstić information content (AvgIpc) is 3.79. The van der Waals surface area contributed by atoms with Gasteiger partial charge >= 0.3 is 5.97 Å². The van der Waals surface area contributed by atoms with Crippen molar-refractivity contribution in [2.75, 3.05) is 24.7 Å². The van der Waals surface area contributed by atoms with Crippen LogP contribution >= 0.6 is 0 Å². The number of esters is 1. The summed E-state index contributed by atoms with van der Waals surface area (Å²) in [6.45, 7) is 2.72. The Kier molecular flexibility index (Phi) is 8.33. The molecule has 3 aromatic carbocycles. The molecule has 2 aromatic heterocycles. The third kappa shape index (κ3) is 5.76. The molecule has 1 N–H and O–H groups in total. The Balaban J connectivity index is 1.44. The summed E-state index contributed by atoms with van der Waals surface area (Å²) in [7, 11) is 1.82. The molecule has 44 heavy (non-hydrogen) atoms. The van der Waals surface area contributed by atoms with Gasteiger partial charge in [0.2, 0.25) is 5.91 Å². The van der Waals surface area contributed by atoms with E-state index in [2.05, 4.69) is 15.6 Å². The van der Waals surface area contributed by atoms with Crippen LogP contribution in [0.3, 0.4) is 0 Å². The van der Waals surface area contributed by atoms with Gasteiger partial charge in [-0.15, -0.1) is 5.10 Å². The van der Waals surface area contributed by atoms with Gasteiger partial charge in [-0.1, -0.05) is 29.5 Å². The number of fused-ring (bicyclic) bond motifs is 2. The molecule has 0 bridgehead atoms. The van der Waals surface area contributed by atoms with Gasteiger partial charge < -0.3 is 19.4 Å². The van der Waals surface area contributed by atoms with E-state index in [0.29, 0.717) is 46.8 Å². The summed E-state index contributed by atoms with van der Waals surface area (Å²) in [5, 5.41) is 11.4. The van der Waals surface area contributed by atoms with Crippen LogP contribution in [0, 0.1) is 0 Å². The molecule has 0 saturated carbocycles. The summed E-state index contributed by atoms with van der Waals surface area (Å²) in [6.07, 6.45) is 1.67. The Hall–Kier alpha value is -5.10. The van der Waals surface area contributed by atoms with Crippen molar-refractivity contribution in [3.63, 3.8) is 0 Å². The summed E-state index contributed by atoms with van der Waals surface area (Å²) >= 11 is 0. The maximum Gasteiger partial charge on any atom is 0.338 e. The molecule has 1 saturated heterocycles. The van der Waals surface area contributed by atoms with E-state index in [1.165, 1.54) is 9.58 Å². The normalized spacial score (nSPS) is 15.4. The third-order valence-electron chi connectivity index (χ3n) is 7.73. The number of hydrogen-bond acceptors (Lipinski definition) is 8. The molecule has 0 spiro atoms. The van der Waals surface area contributed by atoms with Crippen molar-refractivity contribution in [3.05, 3.63) is 84.2 Å². The fourth-order valence-corrected chi connectivity index (χ4v) is 5.52. The molecule has 226 valence electrons. The van der Waals surface area contributed by atoms with Crippen molar-refractivity contribution < 1.29 is 23.9 Å². The Bertz CT molecular complexity index is 1810. The van der Waals surface area contributed by atoms with Crippen LogP contribution in [0.2, 0.25) is 0 Å². The maximum atomic E-state index is 14.4. The number of hydrogen-bond donors (Lipinski definition) is 1. The second-order valence-corrected chi connectivity index (χ2v) is 10.6. The first-order valence-corrected chi connectivity index (χ1v) is 14.6. The molecular weight excluding hydrogens is 562 g/mol. The summed E-state index contributed by atoms with van der Waals surface area (Å²) in [5.41, 5.74) is 3.55. The quantitative estimate of drug-likeness (QED) is 0.242. The lowest BCUT2D eigenvalue weighted by Crippen LogP contribution is -2.47. The number of carbonyl (C=O) groups excluding carboxylic acids is 3. The van der Waals surface area contributed by atoms with Crippen molar-refractivity contribution in [1.29, 1.82) is 0 Å². The van der Waals surface area contributed by atoms with Crippen LogP contribution < -0.4 is 10.2 Å². The van der Waals surface area contributed by atoms with Gasteiger partial charge in [0.05, 0.1) is 34.8 Å². The molecule has 12 heteroatoms. The van der Waals surface area contributed by atoms with Crippen LogP contribution in [0.5, 0.6) is 0 Å². The lowest BCUT2D eigenvalue weighted by molar-refractivity contribution is -0.127. The number of imidazole rings is 1. The van der Waals surface area contributed by atoms with Gasteiger partial charge in [-0.2, -0.15) is 0 Å². The molecule has 2 atom stereocenters. The summed E-state index contributed by atoms with van der Waals surface area (Å²) in [5.74, 6) is -0.937. The highest BCUT2D eigenvalue weighted by Crippen LogP contribution is 2.31. The van der Waals surface area contributed by atoms with Gasteiger partial charge in [-0.3, -0.25) is 14.5 Å². The number of rotatable bonds is 10. The van der Waals surface area contributed by atoms with Crippen molar-refractivity contribution in [1.82, 2.24) is 29.9 Å². The van der Waals surface area contributed by atoms with Gasteiger partial charge in [-0.25, -0.2) is 14.5 Å². The van der Waals surface area contributed by atoms with Crippen LogP contribution in [0.15, 0.2) is 72.8 Å². The predicted molar refractivity (Wildman–Crippen MR) is 163 cm³/mol. The van der Waals surface area contributed by atoms with Crippen LogP contribution in [0.1, 0.15) is 42.0 Å². The highest BCUT2D eigenvalue weighted by molar-refractivity contribution is 6.02. The zero-order chi connectivity index (χ0) is 30.6. The van der Waals surface area contributed by atoms with E-state index in [-0.39, 0.29) is 19.3 Å². The fraction of sp³-hybridized carbons (Fsp3) is 0.312. The first-order valence-electron chi connectivity index (χ1n) is 14.6. The highest BCUT2D eigenvalue weighted by atomic mass is 16.5. The molecule has 12 nitrogen and oxygen atoms in total. The lowest BCUT2D eigenvalue weighted by Gasteiger charge is -2.31. The molecule has 1 aliphatic heterocycles. The Labute approximate surface area is 253 Å². The largest absolute Gasteiger partial charge is 0.462 e. The minimum absolute atomic E-state index is 0.102. The molecule has 2 amide bonds. The number of ether oxygens (including phenoxy) is 2. The number of aromatic nitrogens is 5. The van der Waals surface area contributed by atoms with Gasteiger partial charge in [0, 0.05) is 25.9 Å². The minimum atomic E-state index is -1.16. The van der Waals surface area contributed by atoms with E-state index in [1.807, 2.05) is 60.1 Å². The van der Waals surface area contributed by atoms with Crippen LogP contribution in [0.25, 0.3) is 22.1 Å². The van der Waals surface area contributed by atoms with E-state index >= 15 is 0 Å². The summed E-state index contributed by atoms with van der Waals surface area (Å²) in [6, 6.07) is 20.1. The smallest absolute Gasteiger partial charge is 0.338 e. The second kappa shape index (κ2) is 12.6. The number of carbonyl (C=O) groups is 3. The van der Waals surface area contributed by atoms with Crippen molar-refractivity contribution in [3.8, 4) is 0 Å². The third-order valence-corrected chi connectivity index (χ3v) is 7.73. The van der Waals surface area contributed by atoms with Gasteiger partial charge in [0.1, 0.15) is 17.9 Å². The monoisotopic (exact) mass is 595 g/mol. The minimum Gasteiger partial charge on any atom is -0.462 e. The van der Waals surface area contributed by atoms with E-state index in [4.69, 9.17) is 14.5 Å². The van der Waals surface area contributed by atoms with E-state index < -0.39 is 23.8 Å². The van der Waals surface area contributed by atoms with E-state index in [0.717, 1.165) is 18.4 Å². The standard InChI is InChI=1S/C32H33N7O5/c1-3-43-32(42)21-14-16-22(17-15-21)39(28(40)20-38-27-13-7-5-11-25(27)35-36-38)29(31(41)33-19-23-9-8-18-44-23)30-34-24-10-4-6-12-26(24)37(30)2/h4-7,10-17,23,29H,3,8-9,18-20H2,1-2H3,(H,33,41)/t23-,29-/m0/s1. The Morgan fingerprint density at radius 3 is 2.45 bits per heavy atom. The molecule has 1 aliphatic rings. The zero-order valence-corrected chi connectivity index (χ0v) is 24.6. The van der Waals surface area contributed by atoms with Crippen LogP contribution in [0.4, 0.5) is 5.69 Å². The van der Waals surface area contributed by atoms with E-state index in [1.54, 1.807) is 31.2 Å². The molecule has 0 radical (unpaired) electrons. The number of nitrogens with zero attached hydrogens (tertiary/aromatic N) is 6. The maximum absolute atomic E-state index is 14.4. The summed E-state index contributed by atoms with van der Waals surface area (Å²) in [4.78, 5) is 47.2. The fourth-order valence-electron chi connectivity index (χ4n) is 5.52. The molecule has 0 unspecified atom stereocenters. The number of nitrogens with one attached hydrogen (secondary N) is 1. The van der Waals surface area contributed by atoms with Crippen molar-refractivity contribution in [2.24, 2.45) is 7.05 Å². The van der Waals surface area contributed by atoms with Crippen LogP contribution in [-0.4, -0.2) is 68.2 Å². The first kappa shape index (κ1) is 29.0. The second-order valence-electron chi connectivity index (χ2n) is 10.6. The molecule has 1 fully saturated rings. The van der Waals surface area contributed by atoms with Crippen molar-refractivity contribution in [2.45, 2.75) is 38.5 Å². The highest BCUT2D eigenvalue weighted by Gasteiger charge is 2.37. The molecule has 3 heterocycles. The van der Waals surface area contributed by atoms with Crippen molar-refractivity contribution >= 4 is 45.5 Å². The number of para-hydroxylation sites is 3. The number of benzene rings is 3. The molecular formula is C32H33N7O5. The summed E-state index contributed by atoms with van der Waals surface area (Å²) < 4.78 is 14.2. The van der Waals surface area contributed by atoms with Crippen LogP contribution in [-0.2, 0) is 32.7 Å². The number of aryl methyl sites for hydroxylation is 1. The zero-order valence-electron chi connectivity index (χ0n) is 24.6. The Morgan fingerprint density at radius 1 is 1.02 bits per heavy atom. The van der Waals surface area contributed by atoms with Gasteiger partial charge in [0.15, 0.2) is 6.04 Å². The molecule has 5 aromatic rings. The van der Waals surface area contributed by atoms with Gasteiger partial charge in [0.25, 0.3) is 5.91 Å². The molecule has 6 rings (SSSR count). The lowest BCUT2D eigenvalue weighted by atomic mass is 10.1. The predicted octanol–water partition coefficient (Wildman–Crippen LogP) is 3.56. The van der Waals surface area contributed by atoms with Gasteiger partial charge in [-0.05, 0) is 68.3 Å².